The van der Waals surface area contributed by atoms with E-state index in [2.05, 4.69) is 70.3 Å². The second-order valence-corrected chi connectivity index (χ2v) is 7.72. The average Bonchev–Trinajstić information content (AvgIpc) is 3.45. The van der Waals surface area contributed by atoms with Crippen molar-refractivity contribution >= 4 is 34.1 Å². The molecule has 0 radical (unpaired) electrons. The second-order valence-electron chi connectivity index (χ2n) is 6.94. The van der Waals surface area contributed by atoms with E-state index in [0.717, 1.165) is 22.3 Å². The quantitative estimate of drug-likeness (QED) is 0.427. The molecule has 2 aromatic carbocycles. The number of furan rings is 1. The molecule has 4 heteroatoms. The van der Waals surface area contributed by atoms with Crippen molar-refractivity contribution in [2.75, 3.05) is 6.61 Å². The molecule has 1 fully saturated rings. The van der Waals surface area contributed by atoms with Gasteiger partial charge in [0.2, 0.25) is 0 Å². The highest BCUT2D eigenvalue weighted by atomic mass is 32.1. The Bertz CT molecular complexity index is 1140. The predicted octanol–water partition coefficient (Wildman–Crippen LogP) is 6.08. The van der Waals surface area contributed by atoms with E-state index in [1.807, 2.05) is 12.1 Å². The number of hydrogen-bond acceptors (Lipinski definition) is 4. The van der Waals surface area contributed by atoms with Crippen LogP contribution in [0.3, 0.4) is 0 Å². The normalized spacial score (nSPS) is 21.2. The molecule has 2 aliphatic heterocycles. The minimum atomic E-state index is -0.131. The Hall–Kier alpha value is -2.82. The van der Waals surface area contributed by atoms with Gasteiger partial charge in [-0.25, -0.2) is 0 Å². The summed E-state index contributed by atoms with van der Waals surface area (Å²) >= 11 is 1.71. The Morgan fingerprint density at radius 1 is 0.963 bits per heavy atom. The van der Waals surface area contributed by atoms with Crippen LogP contribution in [-0.4, -0.2) is 11.5 Å². The van der Waals surface area contributed by atoms with Gasteiger partial charge in [0, 0.05) is 22.4 Å². The summed E-state index contributed by atoms with van der Waals surface area (Å²) < 4.78 is 12.6. The third-order valence-corrected chi connectivity index (χ3v) is 6.14. The zero-order chi connectivity index (χ0) is 17.8. The molecule has 2 aliphatic rings. The van der Waals surface area contributed by atoms with Crippen LogP contribution in [0.2, 0.25) is 0 Å². The van der Waals surface area contributed by atoms with Crippen molar-refractivity contribution in [2.45, 2.75) is 12.3 Å². The van der Waals surface area contributed by atoms with Crippen molar-refractivity contribution in [3.8, 4) is 0 Å². The molecule has 2 aromatic heterocycles. The zero-order valence-electron chi connectivity index (χ0n) is 14.5. The SMILES string of the molecule is C1=C(c2ccsc2)N2[C@H](c3ccccc3)CO[C@H]2c2c1oc1ccccc21. The van der Waals surface area contributed by atoms with E-state index in [-0.39, 0.29) is 12.3 Å². The third kappa shape index (κ3) is 2.24. The summed E-state index contributed by atoms with van der Waals surface area (Å²) in [7, 11) is 0. The Balaban J connectivity index is 1.58. The fourth-order valence-electron chi connectivity index (χ4n) is 4.24. The Labute approximate surface area is 161 Å². The van der Waals surface area contributed by atoms with Crippen LogP contribution in [0.15, 0.2) is 75.8 Å². The first kappa shape index (κ1) is 15.3. The second kappa shape index (κ2) is 5.84. The van der Waals surface area contributed by atoms with Crippen molar-refractivity contribution in [3.63, 3.8) is 0 Å². The molecule has 0 bridgehead atoms. The largest absolute Gasteiger partial charge is 0.456 e. The minimum Gasteiger partial charge on any atom is -0.456 e. The summed E-state index contributed by atoms with van der Waals surface area (Å²) in [5.74, 6) is 0.910. The molecule has 0 unspecified atom stereocenters. The summed E-state index contributed by atoms with van der Waals surface area (Å²) in [5.41, 5.74) is 5.71. The molecule has 2 atom stereocenters. The first-order valence-corrected chi connectivity index (χ1v) is 10.0. The van der Waals surface area contributed by atoms with Gasteiger partial charge < -0.3 is 14.1 Å². The number of ether oxygens (including phenoxy) is 1. The highest BCUT2D eigenvalue weighted by Crippen LogP contribution is 2.51. The Morgan fingerprint density at radius 3 is 2.67 bits per heavy atom. The molecule has 0 amide bonds. The Morgan fingerprint density at radius 2 is 1.81 bits per heavy atom. The molecule has 0 N–H and O–H groups in total. The molecule has 4 heterocycles. The van der Waals surface area contributed by atoms with Crippen molar-refractivity contribution in [3.05, 3.63) is 93.9 Å². The van der Waals surface area contributed by atoms with E-state index in [1.165, 1.54) is 16.8 Å². The van der Waals surface area contributed by atoms with Gasteiger partial charge in [-0.05, 0) is 23.1 Å². The van der Waals surface area contributed by atoms with Gasteiger partial charge in [-0.1, -0.05) is 48.5 Å². The highest BCUT2D eigenvalue weighted by molar-refractivity contribution is 7.08. The number of rotatable bonds is 2. The van der Waals surface area contributed by atoms with E-state index in [1.54, 1.807) is 11.3 Å². The lowest BCUT2D eigenvalue weighted by Crippen LogP contribution is -2.28. The van der Waals surface area contributed by atoms with E-state index in [9.17, 15) is 0 Å². The summed E-state index contributed by atoms with van der Waals surface area (Å²) in [6.07, 6.45) is 2.05. The lowest BCUT2D eigenvalue weighted by atomic mass is 9.98. The topological polar surface area (TPSA) is 25.6 Å². The number of nitrogens with zero attached hydrogens (tertiary/aromatic N) is 1. The summed E-state index contributed by atoms with van der Waals surface area (Å²) in [6, 6.07) is 21.2. The van der Waals surface area contributed by atoms with E-state index < -0.39 is 0 Å². The molecule has 0 aliphatic carbocycles. The summed E-state index contributed by atoms with van der Waals surface area (Å²) in [5, 5.41) is 5.45. The van der Waals surface area contributed by atoms with Crippen LogP contribution in [-0.2, 0) is 4.74 Å². The van der Waals surface area contributed by atoms with E-state index >= 15 is 0 Å². The van der Waals surface area contributed by atoms with Crippen LogP contribution in [0.5, 0.6) is 0 Å². The molecular formula is C23H17NO2S. The van der Waals surface area contributed by atoms with Gasteiger partial charge in [0.1, 0.15) is 11.3 Å². The van der Waals surface area contributed by atoms with Gasteiger partial charge in [0.15, 0.2) is 6.23 Å². The number of thiophene rings is 1. The first-order chi connectivity index (χ1) is 13.4. The van der Waals surface area contributed by atoms with Crippen molar-refractivity contribution in [2.24, 2.45) is 0 Å². The minimum absolute atomic E-state index is 0.131. The van der Waals surface area contributed by atoms with Gasteiger partial charge in [0.05, 0.1) is 23.9 Å². The molecule has 27 heavy (non-hydrogen) atoms. The number of fused-ring (bicyclic) bond motifs is 5. The number of benzene rings is 2. The molecule has 0 spiro atoms. The molecule has 6 rings (SSSR count). The maximum absolute atomic E-state index is 6.37. The molecule has 3 nitrogen and oxygen atoms in total. The van der Waals surface area contributed by atoms with Gasteiger partial charge in [0.25, 0.3) is 0 Å². The summed E-state index contributed by atoms with van der Waals surface area (Å²) in [4.78, 5) is 2.42. The molecule has 0 saturated carbocycles. The molecule has 4 aromatic rings. The first-order valence-electron chi connectivity index (χ1n) is 9.11. The standard InChI is InChI=1S/C23H17NO2S/c1-2-6-15(7-3-1)19-13-25-23-22-17-8-4-5-9-20(17)26-21(22)12-18(24(19)23)16-10-11-27-14-16/h1-12,14,19,23H,13H2/t19-,23-/m0/s1. The predicted molar refractivity (Wildman–Crippen MR) is 108 cm³/mol. The third-order valence-electron chi connectivity index (χ3n) is 5.46. The average molecular weight is 371 g/mol. The Kier molecular flexibility index (Phi) is 3.30. The lowest BCUT2D eigenvalue weighted by Gasteiger charge is -2.35. The van der Waals surface area contributed by atoms with Gasteiger partial charge >= 0.3 is 0 Å². The van der Waals surface area contributed by atoms with Gasteiger partial charge in [-0.3, -0.25) is 0 Å². The molecule has 132 valence electrons. The lowest BCUT2D eigenvalue weighted by molar-refractivity contribution is 0.0574. The van der Waals surface area contributed by atoms with Crippen LogP contribution in [0.1, 0.15) is 34.7 Å². The van der Waals surface area contributed by atoms with Crippen LogP contribution in [0.25, 0.3) is 22.7 Å². The smallest absolute Gasteiger partial charge is 0.161 e. The van der Waals surface area contributed by atoms with Gasteiger partial charge in [-0.2, -0.15) is 11.3 Å². The van der Waals surface area contributed by atoms with E-state index in [4.69, 9.17) is 9.15 Å². The molecule has 1 saturated heterocycles. The van der Waals surface area contributed by atoms with Crippen molar-refractivity contribution in [1.29, 1.82) is 0 Å². The van der Waals surface area contributed by atoms with Crippen LogP contribution in [0.4, 0.5) is 0 Å². The van der Waals surface area contributed by atoms with Crippen LogP contribution in [0, 0.1) is 0 Å². The van der Waals surface area contributed by atoms with Crippen LogP contribution < -0.4 is 0 Å². The fourth-order valence-corrected chi connectivity index (χ4v) is 4.89. The maximum atomic E-state index is 6.37. The molecular weight excluding hydrogens is 354 g/mol. The number of para-hydroxylation sites is 1. The maximum Gasteiger partial charge on any atom is 0.161 e. The highest BCUT2D eigenvalue weighted by Gasteiger charge is 2.43. The fraction of sp³-hybridized carbons (Fsp3) is 0.130. The monoisotopic (exact) mass is 371 g/mol. The van der Waals surface area contributed by atoms with Crippen LogP contribution >= 0.6 is 11.3 Å². The summed E-state index contributed by atoms with van der Waals surface area (Å²) in [6.45, 7) is 0.662. The zero-order valence-corrected chi connectivity index (χ0v) is 15.4. The van der Waals surface area contributed by atoms with E-state index in [0.29, 0.717) is 6.61 Å². The van der Waals surface area contributed by atoms with Crippen molar-refractivity contribution in [1.82, 2.24) is 4.90 Å². The van der Waals surface area contributed by atoms with Crippen molar-refractivity contribution < 1.29 is 9.15 Å². The number of hydrogen-bond donors (Lipinski definition) is 0. The van der Waals surface area contributed by atoms with Gasteiger partial charge in [-0.15, -0.1) is 0 Å².